The first-order chi connectivity index (χ1) is 14.7. The molecule has 1 fully saturated rings. The number of carbonyl (C=O) groups is 1. The number of hydrogen-bond donors (Lipinski definition) is 1. The van der Waals surface area contributed by atoms with Crippen LogP contribution in [0.5, 0.6) is 0 Å². The number of ether oxygens (including phenoxy) is 1. The second-order valence-electron chi connectivity index (χ2n) is 8.16. The summed E-state index contributed by atoms with van der Waals surface area (Å²) in [5.74, 6) is 0. The predicted molar refractivity (Wildman–Crippen MR) is 120 cm³/mol. The molecular formula is C24H32N4O2. The van der Waals surface area contributed by atoms with Gasteiger partial charge in [0, 0.05) is 65.2 Å². The molecule has 0 saturated carbocycles. The topological polar surface area (TPSA) is 48.1 Å². The Morgan fingerprint density at radius 3 is 2.70 bits per heavy atom. The van der Waals surface area contributed by atoms with Crippen LogP contribution in [0.1, 0.15) is 17.5 Å². The minimum absolute atomic E-state index is 0.0166. The quantitative estimate of drug-likeness (QED) is 0.747. The Kier molecular flexibility index (Phi) is 6.87. The molecule has 0 aliphatic carbocycles. The maximum Gasteiger partial charge on any atom is 0.317 e. The number of para-hydroxylation sites is 1. The van der Waals surface area contributed by atoms with Crippen molar-refractivity contribution in [2.75, 3.05) is 51.3 Å². The molecule has 1 unspecified atom stereocenters. The SMILES string of the molecule is COCCCNC(=O)N1Cc2ccccc2N2CCN(Cc3ccccc3)CC2C1. The molecule has 2 heterocycles. The minimum Gasteiger partial charge on any atom is -0.385 e. The summed E-state index contributed by atoms with van der Waals surface area (Å²) in [5, 5.41) is 3.07. The molecule has 4 rings (SSSR count). The van der Waals surface area contributed by atoms with Crippen LogP contribution >= 0.6 is 0 Å². The average molecular weight is 409 g/mol. The van der Waals surface area contributed by atoms with Gasteiger partial charge in [0.1, 0.15) is 0 Å². The Morgan fingerprint density at radius 1 is 1.07 bits per heavy atom. The third-order valence-electron chi connectivity index (χ3n) is 6.00. The van der Waals surface area contributed by atoms with Crippen molar-refractivity contribution in [3.8, 4) is 0 Å². The summed E-state index contributed by atoms with van der Waals surface area (Å²) in [4.78, 5) is 19.9. The zero-order valence-electron chi connectivity index (χ0n) is 17.8. The van der Waals surface area contributed by atoms with Crippen molar-refractivity contribution in [2.45, 2.75) is 25.6 Å². The predicted octanol–water partition coefficient (Wildman–Crippen LogP) is 2.94. The summed E-state index contributed by atoms with van der Waals surface area (Å²) in [6.07, 6.45) is 0.826. The summed E-state index contributed by atoms with van der Waals surface area (Å²) in [7, 11) is 1.69. The molecule has 160 valence electrons. The lowest BCUT2D eigenvalue weighted by molar-refractivity contribution is 0.166. The van der Waals surface area contributed by atoms with Crippen LogP contribution < -0.4 is 10.2 Å². The second-order valence-corrected chi connectivity index (χ2v) is 8.16. The fourth-order valence-corrected chi connectivity index (χ4v) is 4.51. The summed E-state index contributed by atoms with van der Waals surface area (Å²) >= 11 is 0. The number of amides is 2. The third kappa shape index (κ3) is 4.94. The maximum atomic E-state index is 12.9. The van der Waals surface area contributed by atoms with E-state index in [9.17, 15) is 4.79 Å². The lowest BCUT2D eigenvalue weighted by atomic mass is 10.1. The number of piperazine rings is 1. The number of hydrogen-bond acceptors (Lipinski definition) is 4. The lowest BCUT2D eigenvalue weighted by Crippen LogP contribution is -2.57. The Hall–Kier alpha value is -2.57. The largest absolute Gasteiger partial charge is 0.385 e. The van der Waals surface area contributed by atoms with E-state index >= 15 is 0 Å². The van der Waals surface area contributed by atoms with E-state index in [0.29, 0.717) is 19.7 Å². The molecule has 2 aliphatic heterocycles. The number of anilines is 1. The number of methoxy groups -OCH3 is 1. The van der Waals surface area contributed by atoms with Crippen LogP contribution in [-0.4, -0.2) is 68.3 Å². The first kappa shape index (κ1) is 20.7. The standard InChI is InChI=1S/C24H32N4O2/c1-30-15-7-12-25-24(29)27-17-21-10-5-6-11-23(21)28-14-13-26(18-22(28)19-27)16-20-8-3-2-4-9-20/h2-6,8-11,22H,7,12-19H2,1H3,(H,25,29). The third-order valence-corrected chi connectivity index (χ3v) is 6.00. The molecule has 2 aromatic carbocycles. The van der Waals surface area contributed by atoms with Gasteiger partial charge in [-0.1, -0.05) is 48.5 Å². The van der Waals surface area contributed by atoms with Gasteiger partial charge in [-0.3, -0.25) is 4.90 Å². The van der Waals surface area contributed by atoms with Gasteiger partial charge in [0.25, 0.3) is 0 Å². The number of nitrogens with one attached hydrogen (secondary N) is 1. The fourth-order valence-electron chi connectivity index (χ4n) is 4.51. The number of fused-ring (bicyclic) bond motifs is 3. The van der Waals surface area contributed by atoms with Gasteiger partial charge in [-0.25, -0.2) is 4.79 Å². The van der Waals surface area contributed by atoms with Crippen LogP contribution in [-0.2, 0) is 17.8 Å². The van der Waals surface area contributed by atoms with E-state index in [0.717, 1.165) is 39.1 Å². The average Bonchev–Trinajstić information content (AvgIpc) is 2.94. The highest BCUT2D eigenvalue weighted by molar-refractivity contribution is 5.75. The van der Waals surface area contributed by atoms with Crippen LogP contribution in [0.3, 0.4) is 0 Å². The van der Waals surface area contributed by atoms with Crippen molar-refractivity contribution in [2.24, 2.45) is 0 Å². The number of carbonyl (C=O) groups excluding carboxylic acids is 1. The van der Waals surface area contributed by atoms with Crippen molar-refractivity contribution >= 4 is 11.7 Å². The molecule has 1 saturated heterocycles. The van der Waals surface area contributed by atoms with Crippen LogP contribution in [0.2, 0.25) is 0 Å². The van der Waals surface area contributed by atoms with Gasteiger partial charge in [-0.15, -0.1) is 0 Å². The molecule has 0 radical (unpaired) electrons. The summed E-state index contributed by atoms with van der Waals surface area (Å²) < 4.78 is 5.09. The van der Waals surface area contributed by atoms with Gasteiger partial charge in [0.15, 0.2) is 0 Å². The van der Waals surface area contributed by atoms with Crippen molar-refractivity contribution in [3.05, 3.63) is 65.7 Å². The summed E-state index contributed by atoms with van der Waals surface area (Å²) in [5.41, 5.74) is 3.84. The van der Waals surface area contributed by atoms with Gasteiger partial charge in [-0.2, -0.15) is 0 Å². The second kappa shape index (κ2) is 9.96. The highest BCUT2D eigenvalue weighted by atomic mass is 16.5. The van der Waals surface area contributed by atoms with E-state index in [4.69, 9.17) is 4.74 Å². The molecule has 0 spiro atoms. The molecular weight excluding hydrogens is 376 g/mol. The number of rotatable bonds is 6. The van der Waals surface area contributed by atoms with E-state index in [-0.39, 0.29) is 12.1 Å². The Morgan fingerprint density at radius 2 is 1.87 bits per heavy atom. The van der Waals surface area contributed by atoms with Crippen molar-refractivity contribution < 1.29 is 9.53 Å². The van der Waals surface area contributed by atoms with Crippen molar-refractivity contribution in [3.63, 3.8) is 0 Å². The number of nitrogens with zero attached hydrogens (tertiary/aromatic N) is 3. The van der Waals surface area contributed by atoms with Gasteiger partial charge in [0.2, 0.25) is 0 Å². The van der Waals surface area contributed by atoms with Gasteiger partial charge >= 0.3 is 6.03 Å². The van der Waals surface area contributed by atoms with E-state index in [1.54, 1.807) is 7.11 Å². The maximum absolute atomic E-state index is 12.9. The molecule has 1 N–H and O–H groups in total. The zero-order chi connectivity index (χ0) is 20.8. The number of benzene rings is 2. The van der Waals surface area contributed by atoms with Crippen LogP contribution in [0.25, 0.3) is 0 Å². The highest BCUT2D eigenvalue weighted by Crippen LogP contribution is 2.30. The van der Waals surface area contributed by atoms with Gasteiger partial charge in [-0.05, 0) is 23.6 Å². The highest BCUT2D eigenvalue weighted by Gasteiger charge is 2.34. The van der Waals surface area contributed by atoms with Crippen molar-refractivity contribution in [1.29, 1.82) is 0 Å². The smallest absolute Gasteiger partial charge is 0.317 e. The molecule has 0 bridgehead atoms. The number of urea groups is 1. The molecule has 6 heteroatoms. The first-order valence-corrected chi connectivity index (χ1v) is 10.9. The Balaban J connectivity index is 1.48. The first-order valence-electron chi connectivity index (χ1n) is 10.9. The van der Waals surface area contributed by atoms with E-state index in [1.807, 2.05) is 4.90 Å². The van der Waals surface area contributed by atoms with E-state index in [2.05, 4.69) is 69.7 Å². The minimum atomic E-state index is 0.0166. The summed E-state index contributed by atoms with van der Waals surface area (Å²) in [6, 6.07) is 19.5. The Bertz CT molecular complexity index is 829. The molecule has 1 atom stereocenters. The van der Waals surface area contributed by atoms with Crippen LogP contribution in [0.15, 0.2) is 54.6 Å². The molecule has 30 heavy (non-hydrogen) atoms. The van der Waals surface area contributed by atoms with Gasteiger partial charge in [0.05, 0.1) is 6.04 Å². The van der Waals surface area contributed by atoms with E-state index in [1.165, 1.54) is 16.8 Å². The normalized spacial score (nSPS) is 19.0. The molecule has 0 aromatic heterocycles. The monoisotopic (exact) mass is 408 g/mol. The zero-order valence-corrected chi connectivity index (χ0v) is 17.8. The molecule has 2 aliphatic rings. The summed E-state index contributed by atoms with van der Waals surface area (Å²) in [6.45, 7) is 6.61. The van der Waals surface area contributed by atoms with Crippen LogP contribution in [0.4, 0.5) is 10.5 Å². The van der Waals surface area contributed by atoms with Crippen LogP contribution in [0, 0.1) is 0 Å². The molecule has 2 amide bonds. The molecule has 2 aromatic rings. The van der Waals surface area contributed by atoms with Gasteiger partial charge < -0.3 is 19.9 Å². The Labute approximate surface area is 179 Å². The molecule has 6 nitrogen and oxygen atoms in total. The van der Waals surface area contributed by atoms with Crippen molar-refractivity contribution in [1.82, 2.24) is 15.1 Å². The van der Waals surface area contributed by atoms with E-state index < -0.39 is 0 Å². The lowest BCUT2D eigenvalue weighted by Gasteiger charge is -2.43. The fraction of sp³-hybridized carbons (Fsp3) is 0.458.